The summed E-state index contributed by atoms with van der Waals surface area (Å²) in [6.07, 6.45) is 1.00. The minimum Gasteiger partial charge on any atom is -0.368 e. The molecule has 5 nitrogen and oxygen atoms in total. The van der Waals surface area contributed by atoms with Crippen molar-refractivity contribution in [3.63, 3.8) is 0 Å². The number of benzene rings is 1. The number of aryl methyl sites for hydroxylation is 2. The second-order valence-electron chi connectivity index (χ2n) is 6.30. The van der Waals surface area contributed by atoms with Crippen LogP contribution in [0.15, 0.2) is 34.6 Å². The summed E-state index contributed by atoms with van der Waals surface area (Å²) in [5.41, 5.74) is 3.73. The molecule has 1 fully saturated rings. The summed E-state index contributed by atoms with van der Waals surface area (Å²) < 4.78 is 0. The third-order valence-electron chi connectivity index (χ3n) is 4.49. The third kappa shape index (κ3) is 4.51. The van der Waals surface area contributed by atoms with E-state index in [2.05, 4.69) is 68.6 Å². The summed E-state index contributed by atoms with van der Waals surface area (Å²) in [6, 6.07) is 8.74. The Morgan fingerprint density at radius 2 is 2.08 bits per heavy atom. The van der Waals surface area contributed by atoms with Crippen LogP contribution >= 0.6 is 11.3 Å². The summed E-state index contributed by atoms with van der Waals surface area (Å²) in [5, 5.41) is 6.78. The van der Waals surface area contributed by atoms with Gasteiger partial charge in [0.2, 0.25) is 0 Å². The predicted molar refractivity (Wildman–Crippen MR) is 107 cm³/mol. The summed E-state index contributed by atoms with van der Waals surface area (Å²) in [7, 11) is 1.85. The molecule has 0 saturated carbocycles. The fourth-order valence-electron chi connectivity index (χ4n) is 3.10. The van der Waals surface area contributed by atoms with Crippen LogP contribution < -0.4 is 10.2 Å². The quantitative estimate of drug-likeness (QED) is 0.675. The Balaban J connectivity index is 1.53. The van der Waals surface area contributed by atoms with Crippen LogP contribution in [0.1, 0.15) is 23.2 Å². The highest BCUT2D eigenvalue weighted by molar-refractivity contribution is 7.09. The molecule has 25 heavy (non-hydrogen) atoms. The van der Waals surface area contributed by atoms with Gasteiger partial charge >= 0.3 is 0 Å². The summed E-state index contributed by atoms with van der Waals surface area (Å²) in [5.74, 6) is 0.968. The highest BCUT2D eigenvalue weighted by Crippen LogP contribution is 2.18. The van der Waals surface area contributed by atoms with Gasteiger partial charge in [0.15, 0.2) is 5.96 Å². The molecule has 0 radical (unpaired) electrons. The highest BCUT2D eigenvalue weighted by Gasteiger charge is 2.20. The van der Waals surface area contributed by atoms with E-state index < -0.39 is 0 Å². The number of thiazole rings is 1. The maximum absolute atomic E-state index is 4.61. The molecule has 2 aromatic rings. The van der Waals surface area contributed by atoms with E-state index in [4.69, 9.17) is 0 Å². The van der Waals surface area contributed by atoms with Crippen molar-refractivity contribution < 1.29 is 0 Å². The van der Waals surface area contributed by atoms with Crippen molar-refractivity contribution in [2.45, 2.75) is 26.8 Å². The molecule has 1 aromatic heterocycles. The normalized spacial score (nSPS) is 15.6. The van der Waals surface area contributed by atoms with Gasteiger partial charge in [0.05, 0.1) is 17.2 Å². The monoisotopic (exact) mass is 357 g/mol. The molecule has 0 bridgehead atoms. The van der Waals surface area contributed by atoms with Crippen molar-refractivity contribution >= 4 is 23.0 Å². The Morgan fingerprint density at radius 3 is 2.72 bits per heavy atom. The molecule has 0 spiro atoms. The van der Waals surface area contributed by atoms with E-state index >= 15 is 0 Å². The first-order valence-corrected chi connectivity index (χ1v) is 9.78. The number of piperazine rings is 1. The van der Waals surface area contributed by atoms with Gasteiger partial charge in [0.25, 0.3) is 0 Å². The van der Waals surface area contributed by atoms with E-state index in [1.54, 1.807) is 11.3 Å². The fraction of sp³-hybridized carbons (Fsp3) is 0.474. The van der Waals surface area contributed by atoms with Crippen molar-refractivity contribution in [3.8, 4) is 0 Å². The number of nitrogens with one attached hydrogen (secondary N) is 1. The lowest BCUT2D eigenvalue weighted by molar-refractivity contribution is 0.372. The topological polar surface area (TPSA) is 43.8 Å². The Morgan fingerprint density at radius 1 is 1.28 bits per heavy atom. The molecule has 1 saturated heterocycles. The predicted octanol–water partition coefficient (Wildman–Crippen LogP) is 2.91. The number of anilines is 1. The Labute approximate surface area is 154 Å². The van der Waals surface area contributed by atoms with Crippen LogP contribution in [0, 0.1) is 6.92 Å². The maximum Gasteiger partial charge on any atom is 0.194 e. The SMILES string of the molecule is CCc1nc(CNC(=NC)N2CCN(c3cccc(C)c3)CC2)cs1. The average molecular weight is 358 g/mol. The van der Waals surface area contributed by atoms with Crippen LogP contribution in [0.2, 0.25) is 0 Å². The molecule has 0 amide bonds. The Kier molecular flexibility index (Phi) is 5.91. The Bertz CT molecular complexity index is 716. The highest BCUT2D eigenvalue weighted by atomic mass is 32.1. The first kappa shape index (κ1) is 17.7. The van der Waals surface area contributed by atoms with Crippen LogP contribution in [0.3, 0.4) is 0 Å². The molecular weight excluding hydrogens is 330 g/mol. The fourth-order valence-corrected chi connectivity index (χ4v) is 3.84. The number of rotatable bonds is 4. The third-order valence-corrected chi connectivity index (χ3v) is 5.53. The number of guanidine groups is 1. The lowest BCUT2D eigenvalue weighted by atomic mass is 10.2. The van der Waals surface area contributed by atoms with E-state index in [0.717, 1.165) is 50.8 Å². The number of aromatic nitrogens is 1. The first-order chi connectivity index (χ1) is 12.2. The van der Waals surface area contributed by atoms with Gasteiger partial charge in [-0.25, -0.2) is 4.98 Å². The Hall–Kier alpha value is -2.08. The van der Waals surface area contributed by atoms with Crippen molar-refractivity contribution in [2.24, 2.45) is 4.99 Å². The molecule has 1 N–H and O–H groups in total. The van der Waals surface area contributed by atoms with Crippen LogP contribution in [-0.4, -0.2) is 49.1 Å². The van der Waals surface area contributed by atoms with Gasteiger partial charge in [0.1, 0.15) is 0 Å². The molecular formula is C19H27N5S. The van der Waals surface area contributed by atoms with Crippen molar-refractivity contribution in [3.05, 3.63) is 45.9 Å². The molecule has 6 heteroatoms. The molecule has 0 atom stereocenters. The number of hydrogen-bond donors (Lipinski definition) is 1. The van der Waals surface area contributed by atoms with Crippen molar-refractivity contribution in [1.82, 2.24) is 15.2 Å². The largest absolute Gasteiger partial charge is 0.368 e. The molecule has 134 valence electrons. The van der Waals surface area contributed by atoms with Gasteiger partial charge in [0, 0.05) is 44.3 Å². The van der Waals surface area contributed by atoms with Crippen molar-refractivity contribution in [1.29, 1.82) is 0 Å². The zero-order valence-electron chi connectivity index (χ0n) is 15.3. The molecule has 3 rings (SSSR count). The molecule has 1 aliphatic heterocycles. The molecule has 2 heterocycles. The van der Waals surface area contributed by atoms with Gasteiger partial charge < -0.3 is 15.1 Å². The summed E-state index contributed by atoms with van der Waals surface area (Å²) in [6.45, 7) is 9.01. The second kappa shape index (κ2) is 8.34. The summed E-state index contributed by atoms with van der Waals surface area (Å²) >= 11 is 1.73. The molecule has 0 aliphatic carbocycles. The van der Waals surface area contributed by atoms with E-state index in [0.29, 0.717) is 0 Å². The maximum atomic E-state index is 4.61. The number of hydrogen-bond acceptors (Lipinski definition) is 4. The van der Waals surface area contributed by atoms with E-state index in [-0.39, 0.29) is 0 Å². The van der Waals surface area contributed by atoms with E-state index in [9.17, 15) is 0 Å². The van der Waals surface area contributed by atoms with Crippen molar-refractivity contribution in [2.75, 3.05) is 38.1 Å². The van der Waals surface area contributed by atoms with Crippen LogP contribution in [-0.2, 0) is 13.0 Å². The second-order valence-corrected chi connectivity index (χ2v) is 7.24. The van der Waals surface area contributed by atoms with Crippen LogP contribution in [0.4, 0.5) is 5.69 Å². The van der Waals surface area contributed by atoms with Gasteiger partial charge in [-0.2, -0.15) is 0 Å². The smallest absolute Gasteiger partial charge is 0.194 e. The minimum absolute atomic E-state index is 0.737. The first-order valence-electron chi connectivity index (χ1n) is 8.90. The average Bonchev–Trinajstić information content (AvgIpc) is 3.11. The van der Waals surface area contributed by atoms with Gasteiger partial charge in [-0.15, -0.1) is 11.3 Å². The van der Waals surface area contributed by atoms with Crippen LogP contribution in [0.5, 0.6) is 0 Å². The minimum atomic E-state index is 0.737. The summed E-state index contributed by atoms with van der Waals surface area (Å²) in [4.78, 5) is 13.9. The van der Waals surface area contributed by atoms with Gasteiger partial charge in [-0.05, 0) is 31.0 Å². The zero-order valence-corrected chi connectivity index (χ0v) is 16.1. The number of nitrogens with zero attached hydrogens (tertiary/aromatic N) is 4. The zero-order chi connectivity index (χ0) is 17.6. The van der Waals surface area contributed by atoms with Gasteiger partial charge in [-0.3, -0.25) is 4.99 Å². The van der Waals surface area contributed by atoms with Gasteiger partial charge in [-0.1, -0.05) is 19.1 Å². The van der Waals surface area contributed by atoms with E-state index in [1.807, 2.05) is 7.05 Å². The number of aliphatic imine (C=N–C) groups is 1. The lowest BCUT2D eigenvalue weighted by Gasteiger charge is -2.37. The molecule has 1 aromatic carbocycles. The molecule has 0 unspecified atom stereocenters. The standard InChI is InChI=1S/C19H27N5S/c1-4-18-22-16(14-25-18)13-21-19(20-3)24-10-8-23(9-11-24)17-7-5-6-15(2)12-17/h5-7,12,14H,4,8-11,13H2,1-3H3,(H,20,21). The van der Waals surface area contributed by atoms with Crippen LogP contribution in [0.25, 0.3) is 0 Å². The van der Waals surface area contributed by atoms with E-state index in [1.165, 1.54) is 16.3 Å². The molecule has 1 aliphatic rings. The lowest BCUT2D eigenvalue weighted by Crippen LogP contribution is -2.52.